The van der Waals surface area contributed by atoms with E-state index in [4.69, 9.17) is 14.3 Å². The molecule has 0 atom stereocenters. The smallest absolute Gasteiger partial charge is 0.335 e. The molecule has 0 radical (unpaired) electrons. The summed E-state index contributed by atoms with van der Waals surface area (Å²) >= 11 is 0. The van der Waals surface area contributed by atoms with Crippen molar-refractivity contribution in [3.63, 3.8) is 0 Å². The molecule has 1 heterocycles. The first kappa shape index (κ1) is 16.6. The molecule has 1 amide bonds. The molecule has 2 rings (SSSR count). The zero-order valence-corrected chi connectivity index (χ0v) is 13.3. The molecule has 0 fully saturated rings. The average Bonchev–Trinajstić information content (AvgIpc) is 2.98. The Kier molecular flexibility index (Phi) is 5.05. The van der Waals surface area contributed by atoms with Crippen LogP contribution in [0.5, 0.6) is 5.75 Å². The van der Waals surface area contributed by atoms with Crippen LogP contribution < -0.4 is 10.1 Å². The number of carbonyl (C=O) groups is 2. The largest absolute Gasteiger partial charge is 0.495 e. The fourth-order valence-corrected chi connectivity index (χ4v) is 2.29. The first-order valence-corrected chi connectivity index (χ1v) is 7.34. The maximum atomic E-state index is 12.3. The van der Waals surface area contributed by atoms with Crippen LogP contribution in [0.1, 0.15) is 46.1 Å². The lowest BCUT2D eigenvalue weighted by Gasteiger charge is -2.10. The van der Waals surface area contributed by atoms with Gasteiger partial charge >= 0.3 is 5.97 Å². The highest BCUT2D eigenvalue weighted by Crippen LogP contribution is 2.27. The van der Waals surface area contributed by atoms with E-state index in [1.165, 1.54) is 25.3 Å². The molecule has 0 spiro atoms. The van der Waals surface area contributed by atoms with Gasteiger partial charge in [0, 0.05) is 6.42 Å². The number of aryl methyl sites for hydroxylation is 2. The topological polar surface area (TPSA) is 88.8 Å². The Balaban J connectivity index is 2.26. The van der Waals surface area contributed by atoms with E-state index < -0.39 is 11.9 Å². The molecular weight excluding hydrogens is 298 g/mol. The molecule has 0 aliphatic carbocycles. The lowest BCUT2D eigenvalue weighted by atomic mass is 10.1. The summed E-state index contributed by atoms with van der Waals surface area (Å²) in [6, 6.07) is 5.98. The van der Waals surface area contributed by atoms with E-state index >= 15 is 0 Å². The predicted molar refractivity (Wildman–Crippen MR) is 85.4 cm³/mol. The summed E-state index contributed by atoms with van der Waals surface area (Å²) in [6.45, 7) is 3.96. The number of amides is 1. The van der Waals surface area contributed by atoms with E-state index in [-0.39, 0.29) is 17.1 Å². The van der Waals surface area contributed by atoms with Crippen LogP contribution in [0.25, 0.3) is 0 Å². The second-order valence-electron chi connectivity index (χ2n) is 4.94. The Hall–Kier alpha value is -2.76. The van der Waals surface area contributed by atoms with Crippen LogP contribution >= 0.6 is 0 Å². The number of carbonyl (C=O) groups excluding carboxylic acids is 1. The number of hydrogen-bond donors (Lipinski definition) is 2. The zero-order valence-electron chi connectivity index (χ0n) is 13.3. The monoisotopic (exact) mass is 317 g/mol. The fourth-order valence-electron chi connectivity index (χ4n) is 2.29. The molecule has 1 aromatic heterocycles. The number of carboxylic acid groups (broad SMARTS) is 1. The van der Waals surface area contributed by atoms with Crippen molar-refractivity contribution in [1.82, 2.24) is 0 Å². The van der Waals surface area contributed by atoms with E-state index in [0.717, 1.165) is 17.7 Å². The van der Waals surface area contributed by atoms with Crippen molar-refractivity contribution in [2.24, 2.45) is 0 Å². The van der Waals surface area contributed by atoms with Gasteiger partial charge in [0.15, 0.2) is 5.76 Å². The lowest BCUT2D eigenvalue weighted by Crippen LogP contribution is -2.12. The quantitative estimate of drug-likeness (QED) is 0.852. The number of furan rings is 1. The van der Waals surface area contributed by atoms with Crippen LogP contribution in [0.15, 0.2) is 28.7 Å². The molecule has 1 aromatic carbocycles. The van der Waals surface area contributed by atoms with E-state index in [1.807, 2.05) is 13.8 Å². The standard InChI is InChI=1S/C17H19NO5/c1-4-10-8-15(23-13(10)5-2)16(19)18-12-7-6-11(17(20)21)9-14(12)22-3/h6-9H,4-5H2,1-3H3,(H,18,19)(H,20,21). The van der Waals surface area contributed by atoms with Gasteiger partial charge in [-0.25, -0.2) is 4.79 Å². The molecule has 0 aliphatic rings. The summed E-state index contributed by atoms with van der Waals surface area (Å²) in [5.41, 5.74) is 1.47. The second kappa shape index (κ2) is 7.00. The Morgan fingerprint density at radius 2 is 1.96 bits per heavy atom. The van der Waals surface area contributed by atoms with E-state index in [2.05, 4.69) is 5.32 Å². The number of anilines is 1. The van der Waals surface area contributed by atoms with Gasteiger partial charge in [0.2, 0.25) is 0 Å². The van der Waals surface area contributed by atoms with Gasteiger partial charge in [-0.15, -0.1) is 0 Å². The summed E-state index contributed by atoms with van der Waals surface area (Å²) < 4.78 is 10.7. The van der Waals surface area contributed by atoms with Gasteiger partial charge in [-0.3, -0.25) is 4.79 Å². The van der Waals surface area contributed by atoms with Crippen molar-refractivity contribution in [2.45, 2.75) is 26.7 Å². The Labute approximate surface area is 134 Å². The maximum absolute atomic E-state index is 12.3. The molecule has 23 heavy (non-hydrogen) atoms. The van der Waals surface area contributed by atoms with Crippen LogP contribution in [-0.4, -0.2) is 24.1 Å². The van der Waals surface area contributed by atoms with Crippen molar-refractivity contribution < 1.29 is 23.8 Å². The molecule has 0 saturated carbocycles. The Bertz CT molecular complexity index is 711. The molecule has 6 heteroatoms. The number of benzene rings is 1. The number of nitrogens with one attached hydrogen (secondary N) is 1. The minimum atomic E-state index is -1.06. The normalized spacial score (nSPS) is 10.4. The molecule has 6 nitrogen and oxygen atoms in total. The third kappa shape index (κ3) is 3.53. The van der Waals surface area contributed by atoms with Gasteiger partial charge in [0.1, 0.15) is 11.5 Å². The fraction of sp³-hybridized carbons (Fsp3) is 0.294. The van der Waals surface area contributed by atoms with Gasteiger partial charge < -0.3 is 19.6 Å². The van der Waals surface area contributed by atoms with Crippen molar-refractivity contribution >= 4 is 17.6 Å². The molecule has 122 valence electrons. The summed E-state index contributed by atoms with van der Waals surface area (Å²) in [6.07, 6.45) is 1.50. The highest BCUT2D eigenvalue weighted by Gasteiger charge is 2.17. The van der Waals surface area contributed by atoms with Crippen LogP contribution in [0, 0.1) is 0 Å². The Morgan fingerprint density at radius 3 is 2.48 bits per heavy atom. The van der Waals surface area contributed by atoms with Gasteiger partial charge in [-0.05, 0) is 36.2 Å². The lowest BCUT2D eigenvalue weighted by molar-refractivity contribution is 0.0696. The van der Waals surface area contributed by atoms with Crippen LogP contribution in [0.3, 0.4) is 0 Å². The van der Waals surface area contributed by atoms with Gasteiger partial charge in [0.25, 0.3) is 5.91 Å². The van der Waals surface area contributed by atoms with E-state index in [0.29, 0.717) is 12.1 Å². The number of methoxy groups -OCH3 is 1. The number of hydrogen-bond acceptors (Lipinski definition) is 4. The van der Waals surface area contributed by atoms with Crippen molar-refractivity contribution in [2.75, 3.05) is 12.4 Å². The molecule has 2 N–H and O–H groups in total. The minimum Gasteiger partial charge on any atom is -0.495 e. The average molecular weight is 317 g/mol. The first-order chi connectivity index (χ1) is 11.0. The van der Waals surface area contributed by atoms with Gasteiger partial charge in [-0.2, -0.15) is 0 Å². The van der Waals surface area contributed by atoms with Crippen molar-refractivity contribution in [1.29, 1.82) is 0 Å². The zero-order chi connectivity index (χ0) is 17.0. The van der Waals surface area contributed by atoms with E-state index in [1.54, 1.807) is 6.07 Å². The molecule has 0 bridgehead atoms. The molecule has 2 aromatic rings. The van der Waals surface area contributed by atoms with Crippen molar-refractivity contribution in [3.05, 3.63) is 46.9 Å². The van der Waals surface area contributed by atoms with Crippen LogP contribution in [0.4, 0.5) is 5.69 Å². The molecule has 0 aliphatic heterocycles. The molecule has 0 unspecified atom stereocenters. The third-order valence-corrected chi connectivity index (χ3v) is 3.52. The summed E-state index contributed by atoms with van der Waals surface area (Å²) in [4.78, 5) is 23.3. The Morgan fingerprint density at radius 1 is 1.22 bits per heavy atom. The molecule has 0 saturated heterocycles. The summed E-state index contributed by atoms with van der Waals surface area (Å²) in [5, 5.41) is 11.7. The number of rotatable bonds is 6. The summed E-state index contributed by atoms with van der Waals surface area (Å²) in [5.74, 6) is -0.168. The third-order valence-electron chi connectivity index (χ3n) is 3.52. The number of aromatic carboxylic acids is 1. The summed E-state index contributed by atoms with van der Waals surface area (Å²) in [7, 11) is 1.41. The first-order valence-electron chi connectivity index (χ1n) is 7.34. The number of carboxylic acids is 1. The highest BCUT2D eigenvalue weighted by molar-refractivity contribution is 6.03. The van der Waals surface area contributed by atoms with Crippen LogP contribution in [-0.2, 0) is 12.8 Å². The molecular formula is C17H19NO5. The second-order valence-corrected chi connectivity index (χ2v) is 4.94. The predicted octanol–water partition coefficient (Wildman–Crippen LogP) is 3.36. The van der Waals surface area contributed by atoms with E-state index in [9.17, 15) is 9.59 Å². The van der Waals surface area contributed by atoms with Crippen LogP contribution in [0.2, 0.25) is 0 Å². The maximum Gasteiger partial charge on any atom is 0.335 e. The minimum absolute atomic E-state index is 0.0828. The van der Waals surface area contributed by atoms with Crippen molar-refractivity contribution in [3.8, 4) is 5.75 Å². The van der Waals surface area contributed by atoms with Gasteiger partial charge in [0.05, 0.1) is 18.4 Å². The SMILES string of the molecule is CCc1cc(C(=O)Nc2ccc(C(=O)O)cc2OC)oc1CC. The number of ether oxygens (including phenoxy) is 1. The highest BCUT2D eigenvalue weighted by atomic mass is 16.5. The van der Waals surface area contributed by atoms with Gasteiger partial charge in [-0.1, -0.05) is 13.8 Å².